The number of urea groups is 1. The molecule has 3 rings (SSSR count). The summed E-state index contributed by atoms with van der Waals surface area (Å²) in [5.41, 5.74) is 0.644. The molecule has 2 aliphatic rings. The molecule has 0 spiro atoms. The van der Waals surface area contributed by atoms with E-state index in [-0.39, 0.29) is 19.1 Å². The normalized spacial score (nSPS) is 19.1. The van der Waals surface area contributed by atoms with E-state index in [1.54, 1.807) is 11.0 Å². The Morgan fingerprint density at radius 2 is 2.26 bits per heavy atom. The van der Waals surface area contributed by atoms with E-state index in [4.69, 9.17) is 4.74 Å². The van der Waals surface area contributed by atoms with Gasteiger partial charge >= 0.3 is 12.1 Å². The van der Waals surface area contributed by atoms with Gasteiger partial charge in [-0.05, 0) is 18.2 Å². The van der Waals surface area contributed by atoms with Crippen molar-refractivity contribution in [3.63, 3.8) is 0 Å². The number of amides is 4. The van der Waals surface area contributed by atoms with Gasteiger partial charge in [-0.25, -0.2) is 19.0 Å². The van der Waals surface area contributed by atoms with Crippen molar-refractivity contribution >= 4 is 36.2 Å². The maximum absolute atomic E-state index is 14.6. The third-order valence-electron chi connectivity index (χ3n) is 4.17. The van der Waals surface area contributed by atoms with E-state index < -0.39 is 18.0 Å². The van der Waals surface area contributed by atoms with Crippen molar-refractivity contribution in [2.24, 2.45) is 5.10 Å². The molecule has 1 saturated heterocycles. The molecule has 11 heteroatoms. The molecule has 0 aliphatic carbocycles. The third kappa shape index (κ3) is 4.07. The molecule has 1 atom stereocenters. The van der Waals surface area contributed by atoms with Crippen molar-refractivity contribution in [3.8, 4) is 0 Å². The molecular formula is C16H19FN6O4. The van der Waals surface area contributed by atoms with Crippen LogP contribution in [0.25, 0.3) is 0 Å². The minimum absolute atomic E-state index is 0.153. The van der Waals surface area contributed by atoms with Gasteiger partial charge in [0.05, 0.1) is 31.0 Å². The molecule has 144 valence electrons. The summed E-state index contributed by atoms with van der Waals surface area (Å²) in [5.74, 6) is -0.529. The molecule has 1 fully saturated rings. The fourth-order valence-electron chi connectivity index (χ4n) is 2.75. The molecule has 10 nitrogen and oxygen atoms in total. The van der Waals surface area contributed by atoms with Crippen molar-refractivity contribution in [2.45, 2.75) is 6.10 Å². The van der Waals surface area contributed by atoms with E-state index in [0.29, 0.717) is 30.9 Å². The van der Waals surface area contributed by atoms with Crippen LogP contribution in [0.5, 0.6) is 0 Å². The average Bonchev–Trinajstić information content (AvgIpc) is 3.06. The Morgan fingerprint density at radius 1 is 1.44 bits per heavy atom. The fraction of sp³-hybridized carbons (Fsp3) is 0.375. The average molecular weight is 378 g/mol. The maximum Gasteiger partial charge on any atom is 0.414 e. The van der Waals surface area contributed by atoms with Crippen LogP contribution in [0.2, 0.25) is 0 Å². The molecule has 0 saturated carbocycles. The van der Waals surface area contributed by atoms with Crippen molar-refractivity contribution in [1.29, 1.82) is 0 Å². The summed E-state index contributed by atoms with van der Waals surface area (Å²) in [4.78, 5) is 36.8. The van der Waals surface area contributed by atoms with Gasteiger partial charge < -0.3 is 20.3 Å². The molecule has 2 N–H and O–H groups in total. The number of carbonyl (C=O) groups excluding carboxylic acids is 3. The van der Waals surface area contributed by atoms with Crippen LogP contribution in [-0.4, -0.2) is 69.2 Å². The first-order valence-corrected chi connectivity index (χ1v) is 8.27. The van der Waals surface area contributed by atoms with Crippen molar-refractivity contribution < 1.29 is 23.5 Å². The number of anilines is 2. The zero-order valence-electron chi connectivity index (χ0n) is 14.6. The summed E-state index contributed by atoms with van der Waals surface area (Å²) in [6.07, 6.45) is 0.843. The fourth-order valence-corrected chi connectivity index (χ4v) is 2.75. The Morgan fingerprint density at radius 3 is 2.89 bits per heavy atom. The number of nitrogens with one attached hydrogen (secondary N) is 2. The summed E-state index contributed by atoms with van der Waals surface area (Å²) < 4.78 is 19.7. The number of benzene rings is 1. The second-order valence-corrected chi connectivity index (χ2v) is 5.90. The van der Waals surface area contributed by atoms with E-state index in [1.807, 2.05) is 0 Å². The van der Waals surface area contributed by atoms with Gasteiger partial charge in [-0.2, -0.15) is 5.10 Å². The van der Waals surface area contributed by atoms with Crippen molar-refractivity contribution in [1.82, 2.24) is 15.6 Å². The van der Waals surface area contributed by atoms with Crippen LogP contribution in [0.3, 0.4) is 0 Å². The van der Waals surface area contributed by atoms with Gasteiger partial charge in [-0.15, -0.1) is 0 Å². The number of carbonyl (C=O) groups is 3. The highest BCUT2D eigenvalue weighted by molar-refractivity contribution is 5.90. The van der Waals surface area contributed by atoms with Crippen LogP contribution < -0.4 is 20.4 Å². The highest BCUT2D eigenvalue weighted by Crippen LogP contribution is 2.28. The predicted molar refractivity (Wildman–Crippen MR) is 95.1 cm³/mol. The number of nitrogens with zero attached hydrogens (tertiary/aromatic N) is 4. The van der Waals surface area contributed by atoms with Crippen LogP contribution >= 0.6 is 0 Å². The van der Waals surface area contributed by atoms with Gasteiger partial charge in [-0.1, -0.05) is 0 Å². The molecule has 0 aromatic heterocycles. The summed E-state index contributed by atoms with van der Waals surface area (Å²) in [7, 11) is 1.48. The number of hydrogen-bond donors (Lipinski definition) is 2. The molecule has 1 aromatic rings. The van der Waals surface area contributed by atoms with Gasteiger partial charge in [0.2, 0.25) is 6.41 Å². The van der Waals surface area contributed by atoms with E-state index in [9.17, 15) is 18.8 Å². The molecule has 27 heavy (non-hydrogen) atoms. The first kappa shape index (κ1) is 18.4. The number of halogens is 1. The number of hydrogen-bond acceptors (Lipinski definition) is 6. The van der Waals surface area contributed by atoms with E-state index >= 15 is 0 Å². The van der Waals surface area contributed by atoms with Crippen LogP contribution in [0.1, 0.15) is 0 Å². The molecule has 0 radical (unpaired) electrons. The van der Waals surface area contributed by atoms with Gasteiger partial charge in [-0.3, -0.25) is 9.69 Å². The summed E-state index contributed by atoms with van der Waals surface area (Å²) in [5, 5.41) is 10.1. The first-order chi connectivity index (χ1) is 13.0. The Labute approximate surface area is 154 Å². The Kier molecular flexibility index (Phi) is 5.38. The molecule has 0 bridgehead atoms. The van der Waals surface area contributed by atoms with E-state index in [0.717, 1.165) is 0 Å². The number of rotatable bonds is 5. The van der Waals surface area contributed by atoms with Crippen LogP contribution in [0, 0.1) is 5.82 Å². The summed E-state index contributed by atoms with van der Waals surface area (Å²) in [6.45, 7) is 1.10. The molecule has 0 unspecified atom stereocenters. The Balaban J connectivity index is 1.68. The number of ether oxygens (including phenoxy) is 1. The second-order valence-electron chi connectivity index (χ2n) is 5.90. The zero-order chi connectivity index (χ0) is 19.4. The number of cyclic esters (lactones) is 1. The predicted octanol–water partition coefficient (Wildman–Crippen LogP) is 0.302. The highest BCUT2D eigenvalue weighted by Gasteiger charge is 2.33. The Hall–Kier alpha value is -3.37. The minimum Gasteiger partial charge on any atom is -0.442 e. The van der Waals surface area contributed by atoms with Gasteiger partial charge in [0.1, 0.15) is 18.3 Å². The number of hydrazone groups is 1. The summed E-state index contributed by atoms with van der Waals surface area (Å²) >= 11 is 0. The first-order valence-electron chi connectivity index (χ1n) is 8.27. The molecule has 1 aromatic carbocycles. The van der Waals surface area contributed by atoms with Crippen LogP contribution in [-0.2, 0) is 9.53 Å². The quantitative estimate of drug-likeness (QED) is 0.717. The topological polar surface area (TPSA) is 107 Å². The third-order valence-corrected chi connectivity index (χ3v) is 4.17. The van der Waals surface area contributed by atoms with E-state index in [2.05, 4.69) is 15.7 Å². The smallest absolute Gasteiger partial charge is 0.414 e. The molecule has 2 aliphatic heterocycles. The van der Waals surface area contributed by atoms with Crippen LogP contribution in [0.15, 0.2) is 23.3 Å². The van der Waals surface area contributed by atoms with Crippen molar-refractivity contribution in [3.05, 3.63) is 24.0 Å². The van der Waals surface area contributed by atoms with E-state index in [1.165, 1.54) is 35.4 Å². The standard InChI is InChI=1S/C16H19FN6O4/c1-18-15(25)19-7-12-8-23(16(26)27-12)11-2-3-14(13(17)6-11)21-4-5-22(10-24)20-9-21/h2-3,6,9-10,12H,4-5,7-8H2,1H3,(H2,18,19,25)/t12-/m0/s1. The highest BCUT2D eigenvalue weighted by atomic mass is 19.1. The van der Waals surface area contributed by atoms with Crippen molar-refractivity contribution in [2.75, 3.05) is 43.0 Å². The lowest BCUT2D eigenvalue weighted by atomic mass is 10.2. The largest absolute Gasteiger partial charge is 0.442 e. The SMILES string of the molecule is CNC(=O)NC[C@H]1CN(c2ccc(N3C=NN(C=O)CC3)c(F)c2)C(=O)O1. The molecule has 2 heterocycles. The molecular weight excluding hydrogens is 359 g/mol. The van der Waals surface area contributed by atoms with Gasteiger partial charge in [0, 0.05) is 13.6 Å². The minimum atomic E-state index is -0.605. The summed E-state index contributed by atoms with van der Waals surface area (Å²) in [6, 6.07) is 4.01. The maximum atomic E-state index is 14.6. The van der Waals surface area contributed by atoms with Crippen LogP contribution in [0.4, 0.5) is 25.4 Å². The zero-order valence-corrected chi connectivity index (χ0v) is 14.6. The Bertz CT molecular complexity index is 773. The lowest BCUT2D eigenvalue weighted by Crippen LogP contribution is -2.39. The monoisotopic (exact) mass is 378 g/mol. The second kappa shape index (κ2) is 7.89. The van der Waals surface area contributed by atoms with Gasteiger partial charge in [0.15, 0.2) is 0 Å². The lowest BCUT2D eigenvalue weighted by Gasteiger charge is -2.27. The lowest BCUT2D eigenvalue weighted by molar-refractivity contribution is -0.118. The van der Waals surface area contributed by atoms with Gasteiger partial charge in [0.25, 0.3) is 0 Å². The molecule has 4 amide bonds.